The summed E-state index contributed by atoms with van der Waals surface area (Å²) in [5.41, 5.74) is 5.38. The van der Waals surface area contributed by atoms with Crippen molar-refractivity contribution in [1.82, 2.24) is 0 Å². The van der Waals surface area contributed by atoms with E-state index in [1.54, 1.807) is 0 Å². The second-order valence-electron chi connectivity index (χ2n) is 2.53. The Morgan fingerprint density at radius 2 is 2.15 bits per heavy atom. The van der Waals surface area contributed by atoms with Crippen LogP contribution in [0.25, 0.3) is 0 Å². The Labute approximate surface area is 73.4 Å². The molecule has 1 rings (SSSR count). The summed E-state index contributed by atoms with van der Waals surface area (Å²) in [7, 11) is 0. The maximum Gasteiger partial charge on any atom is 0.325 e. The van der Waals surface area contributed by atoms with Crippen molar-refractivity contribution in [1.29, 1.82) is 0 Å². The van der Waals surface area contributed by atoms with Gasteiger partial charge in [-0.3, -0.25) is 4.79 Å². The van der Waals surface area contributed by atoms with Crippen LogP contribution in [0.1, 0.15) is 11.6 Å². The number of carboxylic acid groups (broad SMARTS) is 1. The van der Waals surface area contributed by atoms with E-state index < -0.39 is 23.6 Å². The zero-order valence-electron chi connectivity index (χ0n) is 6.57. The molecule has 13 heavy (non-hydrogen) atoms. The van der Waals surface area contributed by atoms with Crippen LogP contribution in [0.5, 0.6) is 5.75 Å². The van der Waals surface area contributed by atoms with Crippen molar-refractivity contribution in [3.63, 3.8) is 0 Å². The Kier molecular flexibility index (Phi) is 2.48. The summed E-state index contributed by atoms with van der Waals surface area (Å²) < 4.78 is 12.5. The average molecular weight is 185 g/mol. The molecule has 1 unspecified atom stereocenters. The van der Waals surface area contributed by atoms with E-state index in [4.69, 9.17) is 15.9 Å². The maximum absolute atomic E-state index is 12.5. The fourth-order valence-electron chi connectivity index (χ4n) is 0.866. The zero-order chi connectivity index (χ0) is 10.0. The number of aliphatic carboxylic acids is 1. The van der Waals surface area contributed by atoms with E-state index >= 15 is 0 Å². The molecular formula is C8H8FNO3. The minimum absolute atomic E-state index is 0.159. The second-order valence-corrected chi connectivity index (χ2v) is 2.53. The molecule has 0 saturated heterocycles. The maximum atomic E-state index is 12.5. The third-order valence-corrected chi connectivity index (χ3v) is 1.60. The number of rotatable bonds is 2. The molecule has 4 N–H and O–H groups in total. The number of benzene rings is 1. The monoisotopic (exact) mass is 185 g/mol. The summed E-state index contributed by atoms with van der Waals surface area (Å²) in [5, 5.41) is 17.4. The number of nitrogens with two attached hydrogens (primary N) is 1. The number of carboxylic acids is 1. The van der Waals surface area contributed by atoms with Gasteiger partial charge in [-0.25, -0.2) is 4.39 Å². The van der Waals surface area contributed by atoms with Gasteiger partial charge < -0.3 is 15.9 Å². The molecule has 1 aromatic rings. The van der Waals surface area contributed by atoms with Gasteiger partial charge in [0.2, 0.25) is 0 Å². The number of carbonyl (C=O) groups is 1. The van der Waals surface area contributed by atoms with E-state index in [2.05, 4.69) is 0 Å². The molecular weight excluding hydrogens is 177 g/mol. The van der Waals surface area contributed by atoms with Crippen LogP contribution in [0, 0.1) is 5.82 Å². The number of hydrogen-bond acceptors (Lipinski definition) is 3. The van der Waals surface area contributed by atoms with Crippen molar-refractivity contribution in [2.75, 3.05) is 0 Å². The Bertz CT molecular complexity index is 340. The number of phenols is 1. The highest BCUT2D eigenvalue weighted by Crippen LogP contribution is 2.20. The summed E-state index contributed by atoms with van der Waals surface area (Å²) in [6.45, 7) is 0. The van der Waals surface area contributed by atoms with Gasteiger partial charge >= 0.3 is 5.97 Å². The highest BCUT2D eigenvalue weighted by molar-refractivity contribution is 5.75. The van der Waals surface area contributed by atoms with Crippen LogP contribution in [0.3, 0.4) is 0 Å². The first kappa shape index (κ1) is 9.47. The largest absolute Gasteiger partial charge is 0.505 e. The van der Waals surface area contributed by atoms with Crippen LogP contribution in [0.15, 0.2) is 18.2 Å². The standard InChI is InChI=1S/C8H8FNO3/c9-5-2-1-4(3-6(5)11)7(10)8(12)13/h1-3,7,11H,10H2,(H,12,13). The molecule has 0 aliphatic rings. The van der Waals surface area contributed by atoms with Gasteiger partial charge in [0.15, 0.2) is 11.6 Å². The third-order valence-electron chi connectivity index (χ3n) is 1.60. The fraction of sp³-hybridized carbons (Fsp3) is 0.125. The second kappa shape index (κ2) is 3.40. The number of phenolic OH excluding ortho intramolecular Hbond substituents is 1. The molecule has 0 aliphatic heterocycles. The normalized spacial score (nSPS) is 12.5. The van der Waals surface area contributed by atoms with E-state index in [0.717, 1.165) is 12.1 Å². The number of halogens is 1. The molecule has 0 heterocycles. The molecule has 0 aliphatic carbocycles. The molecule has 4 nitrogen and oxygen atoms in total. The van der Waals surface area contributed by atoms with E-state index in [-0.39, 0.29) is 5.56 Å². The van der Waals surface area contributed by atoms with Crippen molar-refractivity contribution in [3.05, 3.63) is 29.6 Å². The molecule has 0 spiro atoms. The van der Waals surface area contributed by atoms with Gasteiger partial charge in [0, 0.05) is 0 Å². The highest BCUT2D eigenvalue weighted by atomic mass is 19.1. The minimum Gasteiger partial charge on any atom is -0.505 e. The summed E-state index contributed by atoms with van der Waals surface area (Å²) >= 11 is 0. The van der Waals surface area contributed by atoms with Crippen LogP contribution in [0.2, 0.25) is 0 Å². The lowest BCUT2D eigenvalue weighted by Gasteiger charge is -2.06. The molecule has 0 aromatic heterocycles. The van der Waals surface area contributed by atoms with Crippen molar-refractivity contribution in [3.8, 4) is 5.75 Å². The SMILES string of the molecule is NC(C(=O)O)c1ccc(F)c(O)c1. The summed E-state index contributed by atoms with van der Waals surface area (Å²) in [6.07, 6.45) is 0. The van der Waals surface area contributed by atoms with Gasteiger partial charge in [0.25, 0.3) is 0 Å². The first-order valence-electron chi connectivity index (χ1n) is 3.49. The molecule has 0 radical (unpaired) electrons. The Morgan fingerprint density at radius 3 is 2.62 bits per heavy atom. The molecule has 0 saturated carbocycles. The summed E-state index contributed by atoms with van der Waals surface area (Å²) in [6, 6.07) is 1.93. The van der Waals surface area contributed by atoms with E-state index in [1.165, 1.54) is 6.07 Å². The Morgan fingerprint density at radius 1 is 1.54 bits per heavy atom. The van der Waals surface area contributed by atoms with Crippen LogP contribution in [-0.4, -0.2) is 16.2 Å². The van der Waals surface area contributed by atoms with Crippen LogP contribution >= 0.6 is 0 Å². The third kappa shape index (κ3) is 1.94. The van der Waals surface area contributed by atoms with E-state index in [1.807, 2.05) is 0 Å². The predicted molar refractivity (Wildman–Crippen MR) is 42.6 cm³/mol. The molecule has 0 bridgehead atoms. The lowest BCUT2D eigenvalue weighted by atomic mass is 10.1. The molecule has 1 atom stereocenters. The first-order chi connectivity index (χ1) is 6.02. The Balaban J connectivity index is 3.03. The quantitative estimate of drug-likeness (QED) is 0.630. The van der Waals surface area contributed by atoms with Crippen LogP contribution in [-0.2, 0) is 4.79 Å². The van der Waals surface area contributed by atoms with Crippen LogP contribution in [0.4, 0.5) is 4.39 Å². The van der Waals surface area contributed by atoms with Gasteiger partial charge in [-0.05, 0) is 17.7 Å². The van der Waals surface area contributed by atoms with E-state index in [0.29, 0.717) is 0 Å². The van der Waals surface area contributed by atoms with E-state index in [9.17, 15) is 9.18 Å². The van der Waals surface area contributed by atoms with Gasteiger partial charge in [0.1, 0.15) is 6.04 Å². The van der Waals surface area contributed by atoms with Crippen molar-refractivity contribution in [2.24, 2.45) is 5.73 Å². The molecule has 70 valence electrons. The van der Waals surface area contributed by atoms with Gasteiger partial charge in [0.05, 0.1) is 0 Å². The molecule has 0 fully saturated rings. The molecule has 1 aromatic carbocycles. The fourth-order valence-corrected chi connectivity index (χ4v) is 0.866. The molecule has 0 amide bonds. The van der Waals surface area contributed by atoms with Crippen LogP contribution < -0.4 is 5.73 Å². The summed E-state index contributed by atoms with van der Waals surface area (Å²) in [5.74, 6) is -2.64. The zero-order valence-corrected chi connectivity index (χ0v) is 6.57. The Hall–Kier alpha value is -1.62. The predicted octanol–water partition coefficient (Wildman–Crippen LogP) is 0.616. The lowest BCUT2D eigenvalue weighted by molar-refractivity contribution is -0.138. The minimum atomic E-state index is -1.24. The lowest BCUT2D eigenvalue weighted by Crippen LogP contribution is -2.20. The van der Waals surface area contributed by atoms with Gasteiger partial charge in [-0.1, -0.05) is 6.07 Å². The van der Waals surface area contributed by atoms with Crippen molar-refractivity contribution < 1.29 is 19.4 Å². The van der Waals surface area contributed by atoms with Gasteiger partial charge in [-0.15, -0.1) is 0 Å². The van der Waals surface area contributed by atoms with Gasteiger partial charge in [-0.2, -0.15) is 0 Å². The highest BCUT2D eigenvalue weighted by Gasteiger charge is 2.15. The first-order valence-corrected chi connectivity index (χ1v) is 3.49. The average Bonchev–Trinajstić information content (AvgIpc) is 2.08. The van der Waals surface area contributed by atoms with Crippen molar-refractivity contribution >= 4 is 5.97 Å². The smallest absolute Gasteiger partial charge is 0.325 e. The number of aromatic hydroxyl groups is 1. The number of hydrogen-bond donors (Lipinski definition) is 3. The topological polar surface area (TPSA) is 83.6 Å². The van der Waals surface area contributed by atoms with Crippen molar-refractivity contribution in [2.45, 2.75) is 6.04 Å². The summed E-state index contributed by atoms with van der Waals surface area (Å²) in [4.78, 5) is 10.4. The molecule has 5 heteroatoms.